The van der Waals surface area contributed by atoms with E-state index in [1.807, 2.05) is 0 Å². The predicted molar refractivity (Wildman–Crippen MR) is 90.4 cm³/mol. The van der Waals surface area contributed by atoms with E-state index in [0.29, 0.717) is 0 Å². The molecule has 0 spiro atoms. The summed E-state index contributed by atoms with van der Waals surface area (Å²) in [5.74, 6) is -3.24. The number of hydrogen-bond acceptors (Lipinski definition) is 10. The smallest absolute Gasteiger partial charge is 0.305 e. The largest absolute Gasteiger partial charge is 0.463 e. The molecule has 5 atom stereocenters. The number of rotatable bonds is 7. The molecule has 0 aromatic rings. The Morgan fingerprint density at radius 1 is 0.821 bits per heavy atom. The van der Waals surface area contributed by atoms with Gasteiger partial charge in [-0.05, 0) is 0 Å². The summed E-state index contributed by atoms with van der Waals surface area (Å²) in [7, 11) is 0. The zero-order chi connectivity index (χ0) is 21.4. The van der Waals surface area contributed by atoms with Crippen molar-refractivity contribution in [2.45, 2.75) is 71.7 Å². The van der Waals surface area contributed by atoms with Crippen molar-refractivity contribution in [3.8, 4) is 0 Å². The predicted octanol–water partition coefficient (Wildman–Crippen LogP) is -0.404. The summed E-state index contributed by atoms with van der Waals surface area (Å²) in [5, 5.41) is 2.55. The molecule has 0 aromatic heterocycles. The fourth-order valence-electron chi connectivity index (χ4n) is 2.61. The highest BCUT2D eigenvalue weighted by Gasteiger charge is 2.52. The van der Waals surface area contributed by atoms with Gasteiger partial charge < -0.3 is 29.0 Å². The Balaban J connectivity index is 3.31. The maximum absolute atomic E-state index is 11.9. The van der Waals surface area contributed by atoms with E-state index in [9.17, 15) is 24.0 Å². The lowest BCUT2D eigenvalue weighted by Crippen LogP contribution is -2.66. The zero-order valence-corrected chi connectivity index (χ0v) is 16.4. The number of carbonyl (C=O) groups excluding carboxylic acids is 5. The second-order valence-electron chi connectivity index (χ2n) is 6.05. The van der Waals surface area contributed by atoms with Gasteiger partial charge in [0.25, 0.3) is 0 Å². The molecule has 11 heteroatoms. The zero-order valence-electron chi connectivity index (χ0n) is 16.4. The van der Waals surface area contributed by atoms with Gasteiger partial charge >= 0.3 is 23.9 Å². The standard InChI is InChI=1S/C17H25NO10/c1-6-13(23)18-14-16(26-10(4)21)15(25-9(3)20)12(7-24-8(2)19)28-17(14)27-11(5)22/h12,14-17H,6-7H2,1-5H3,(H,18,23)/t12?,14-,15-,16?,17+/m0/s1. The molecule has 2 unspecified atom stereocenters. The lowest BCUT2D eigenvalue weighted by atomic mass is 9.96. The average molecular weight is 403 g/mol. The summed E-state index contributed by atoms with van der Waals surface area (Å²) < 4.78 is 26.1. The second kappa shape index (κ2) is 10.6. The molecule has 0 aromatic carbocycles. The van der Waals surface area contributed by atoms with Gasteiger partial charge in [0.2, 0.25) is 12.2 Å². The van der Waals surface area contributed by atoms with Gasteiger partial charge in [0.05, 0.1) is 0 Å². The van der Waals surface area contributed by atoms with Gasteiger partial charge in [0.1, 0.15) is 18.8 Å². The van der Waals surface area contributed by atoms with Crippen LogP contribution in [0.1, 0.15) is 41.0 Å². The Bertz CT molecular complexity index is 619. The van der Waals surface area contributed by atoms with E-state index in [-0.39, 0.29) is 13.0 Å². The summed E-state index contributed by atoms with van der Waals surface area (Å²) >= 11 is 0. The molecule has 1 aliphatic rings. The van der Waals surface area contributed by atoms with Gasteiger partial charge in [0.15, 0.2) is 12.2 Å². The van der Waals surface area contributed by atoms with Crippen molar-refractivity contribution in [3.63, 3.8) is 0 Å². The maximum atomic E-state index is 11.9. The van der Waals surface area contributed by atoms with Gasteiger partial charge in [-0.1, -0.05) is 6.92 Å². The van der Waals surface area contributed by atoms with E-state index in [4.69, 9.17) is 23.7 Å². The molecule has 0 saturated carbocycles. The summed E-state index contributed by atoms with van der Waals surface area (Å²) in [6.45, 7) is 5.78. The van der Waals surface area contributed by atoms with Crippen LogP contribution in [0.5, 0.6) is 0 Å². The summed E-state index contributed by atoms with van der Waals surface area (Å²) in [4.78, 5) is 57.8. The van der Waals surface area contributed by atoms with Gasteiger partial charge in [-0.25, -0.2) is 0 Å². The Kier molecular flexibility index (Phi) is 8.83. The lowest BCUT2D eigenvalue weighted by Gasteiger charge is -2.44. The Morgan fingerprint density at radius 2 is 1.36 bits per heavy atom. The first-order valence-electron chi connectivity index (χ1n) is 8.65. The molecule has 0 aliphatic carbocycles. The minimum Gasteiger partial charge on any atom is -0.463 e. The molecular formula is C17H25NO10. The number of ether oxygens (including phenoxy) is 5. The van der Waals surface area contributed by atoms with Crippen molar-refractivity contribution < 1.29 is 47.7 Å². The number of esters is 4. The van der Waals surface area contributed by atoms with Crippen LogP contribution in [0.3, 0.4) is 0 Å². The van der Waals surface area contributed by atoms with Crippen molar-refractivity contribution >= 4 is 29.8 Å². The first-order chi connectivity index (χ1) is 13.0. The van der Waals surface area contributed by atoms with Crippen molar-refractivity contribution in [1.82, 2.24) is 5.32 Å². The average Bonchev–Trinajstić information content (AvgIpc) is 2.56. The van der Waals surface area contributed by atoms with Crippen LogP contribution in [0.25, 0.3) is 0 Å². The van der Waals surface area contributed by atoms with Crippen molar-refractivity contribution in [3.05, 3.63) is 0 Å². The van der Waals surface area contributed by atoms with Crippen LogP contribution in [0, 0.1) is 0 Å². The molecule has 158 valence electrons. The third kappa shape index (κ3) is 7.14. The van der Waals surface area contributed by atoms with Crippen molar-refractivity contribution in [2.75, 3.05) is 6.61 Å². The fourth-order valence-corrected chi connectivity index (χ4v) is 2.61. The van der Waals surface area contributed by atoms with E-state index in [0.717, 1.165) is 20.8 Å². The second-order valence-corrected chi connectivity index (χ2v) is 6.05. The first kappa shape index (κ1) is 23.3. The summed E-state index contributed by atoms with van der Waals surface area (Å²) in [5.41, 5.74) is 0. The number of amides is 1. The van der Waals surface area contributed by atoms with Gasteiger partial charge in [-0.3, -0.25) is 24.0 Å². The highest BCUT2D eigenvalue weighted by atomic mass is 16.7. The molecule has 1 N–H and O–H groups in total. The minimum atomic E-state index is -1.37. The number of hydrogen-bond donors (Lipinski definition) is 1. The Morgan fingerprint density at radius 3 is 1.82 bits per heavy atom. The fraction of sp³-hybridized carbons (Fsp3) is 0.706. The van der Waals surface area contributed by atoms with Gasteiger partial charge in [-0.15, -0.1) is 0 Å². The molecule has 0 bridgehead atoms. The van der Waals surface area contributed by atoms with E-state index in [2.05, 4.69) is 5.32 Å². The molecule has 1 fully saturated rings. The highest BCUT2D eigenvalue weighted by molar-refractivity contribution is 5.76. The highest BCUT2D eigenvalue weighted by Crippen LogP contribution is 2.28. The third-order valence-corrected chi connectivity index (χ3v) is 3.63. The lowest BCUT2D eigenvalue weighted by molar-refractivity contribution is -0.271. The van der Waals surface area contributed by atoms with E-state index >= 15 is 0 Å². The van der Waals surface area contributed by atoms with Crippen LogP contribution in [0.4, 0.5) is 0 Å². The van der Waals surface area contributed by atoms with Crippen LogP contribution >= 0.6 is 0 Å². The van der Waals surface area contributed by atoms with Gasteiger partial charge in [-0.2, -0.15) is 0 Å². The molecule has 0 radical (unpaired) electrons. The Hall–Kier alpha value is -2.69. The topological polar surface area (TPSA) is 144 Å². The molecule has 28 heavy (non-hydrogen) atoms. The van der Waals surface area contributed by atoms with Crippen LogP contribution < -0.4 is 5.32 Å². The minimum absolute atomic E-state index is 0.0885. The number of nitrogens with one attached hydrogen (secondary N) is 1. The van der Waals surface area contributed by atoms with Crippen LogP contribution in [0.2, 0.25) is 0 Å². The van der Waals surface area contributed by atoms with Crippen LogP contribution in [-0.4, -0.2) is 67.0 Å². The molecule has 1 amide bonds. The van der Waals surface area contributed by atoms with Gasteiger partial charge in [0, 0.05) is 34.1 Å². The molecule has 1 heterocycles. The van der Waals surface area contributed by atoms with E-state index in [1.165, 1.54) is 6.92 Å². The molecular weight excluding hydrogens is 378 g/mol. The van der Waals surface area contributed by atoms with E-state index in [1.54, 1.807) is 6.92 Å². The normalized spacial score (nSPS) is 26.5. The number of carbonyl (C=O) groups is 5. The monoisotopic (exact) mass is 403 g/mol. The Labute approximate surface area is 161 Å². The molecule has 1 saturated heterocycles. The van der Waals surface area contributed by atoms with E-state index < -0.39 is 60.4 Å². The quantitative estimate of drug-likeness (QED) is 0.440. The van der Waals surface area contributed by atoms with Crippen molar-refractivity contribution in [1.29, 1.82) is 0 Å². The van der Waals surface area contributed by atoms with Crippen LogP contribution in [-0.2, 0) is 47.7 Å². The summed E-state index contributed by atoms with van der Waals surface area (Å²) in [6.07, 6.45) is -4.88. The molecule has 11 nitrogen and oxygen atoms in total. The third-order valence-electron chi connectivity index (χ3n) is 3.63. The SMILES string of the molecule is CCC(=O)N[C@H]1C(OC(C)=O)[C@@H](OC(C)=O)C(COC(C)=O)O[C@H]1OC(C)=O. The maximum Gasteiger partial charge on any atom is 0.305 e. The van der Waals surface area contributed by atoms with Crippen molar-refractivity contribution in [2.24, 2.45) is 0 Å². The molecule has 1 aliphatic heterocycles. The molecule has 1 rings (SSSR count). The first-order valence-corrected chi connectivity index (χ1v) is 8.65. The summed E-state index contributed by atoms with van der Waals surface area (Å²) in [6, 6.07) is -1.15. The van der Waals surface area contributed by atoms with Crippen LogP contribution in [0.15, 0.2) is 0 Å².